The molecule has 0 spiro atoms. The highest BCUT2D eigenvalue weighted by molar-refractivity contribution is 7.19. The van der Waals surface area contributed by atoms with Crippen LogP contribution >= 0.6 is 11.3 Å². The van der Waals surface area contributed by atoms with E-state index in [0.29, 0.717) is 5.92 Å². The molecule has 4 aromatic rings. The first kappa shape index (κ1) is 15.3. The average Bonchev–Trinajstić information content (AvgIpc) is 3.28. The maximum atomic E-state index is 5.46. The Balaban J connectivity index is 1.66. The molecule has 7 heteroatoms. The Labute approximate surface area is 153 Å². The number of nitrogens with one attached hydrogen (secondary N) is 1. The molecule has 5 rings (SSSR count). The molecule has 2 aromatic carbocycles. The molecule has 0 atom stereocenters. The van der Waals surface area contributed by atoms with Crippen molar-refractivity contribution in [2.24, 2.45) is 0 Å². The maximum absolute atomic E-state index is 5.46. The molecular weight excluding hydrogens is 348 g/mol. The van der Waals surface area contributed by atoms with Gasteiger partial charge >= 0.3 is 0 Å². The number of fused-ring (bicyclic) bond motifs is 4. The van der Waals surface area contributed by atoms with Crippen molar-refractivity contribution in [3.8, 4) is 11.5 Å². The Bertz CT molecular complexity index is 1140. The van der Waals surface area contributed by atoms with E-state index in [2.05, 4.69) is 29.1 Å². The molecule has 0 amide bonds. The summed E-state index contributed by atoms with van der Waals surface area (Å²) in [7, 11) is 0. The Morgan fingerprint density at radius 2 is 1.88 bits per heavy atom. The van der Waals surface area contributed by atoms with Gasteiger partial charge in [-0.05, 0) is 24.3 Å². The van der Waals surface area contributed by atoms with Crippen LogP contribution in [0.25, 0.3) is 21.1 Å². The number of thiazole rings is 1. The summed E-state index contributed by atoms with van der Waals surface area (Å²) < 4.78 is 11.9. The number of nitrogens with zero attached hydrogens (tertiary/aromatic N) is 3. The van der Waals surface area contributed by atoms with E-state index in [9.17, 15) is 0 Å². The summed E-state index contributed by atoms with van der Waals surface area (Å²) in [4.78, 5) is 13.7. The van der Waals surface area contributed by atoms with Gasteiger partial charge in [-0.1, -0.05) is 13.8 Å². The van der Waals surface area contributed by atoms with Gasteiger partial charge in [0.25, 0.3) is 0 Å². The van der Waals surface area contributed by atoms with Crippen molar-refractivity contribution in [2.45, 2.75) is 19.8 Å². The fourth-order valence-electron chi connectivity index (χ4n) is 3.00. The van der Waals surface area contributed by atoms with E-state index >= 15 is 0 Å². The second kappa shape index (κ2) is 5.81. The normalized spacial score (nSPS) is 13.0. The van der Waals surface area contributed by atoms with Crippen LogP contribution in [0, 0.1) is 0 Å². The van der Waals surface area contributed by atoms with E-state index in [4.69, 9.17) is 14.5 Å². The lowest BCUT2D eigenvalue weighted by atomic mass is 10.2. The second-order valence-corrected chi connectivity index (χ2v) is 7.46. The minimum atomic E-state index is 0.259. The van der Waals surface area contributed by atoms with Gasteiger partial charge in [-0.2, -0.15) is 0 Å². The molecule has 0 fully saturated rings. The molecule has 2 aromatic heterocycles. The SMILES string of the molecule is CC(C)c1nc2ccc3ncnc(Nc4ccc5c(c4)OCO5)c3c2s1. The lowest BCUT2D eigenvalue weighted by Crippen LogP contribution is -1.96. The zero-order valence-corrected chi connectivity index (χ0v) is 15.1. The van der Waals surface area contributed by atoms with Crippen LogP contribution in [0.5, 0.6) is 11.5 Å². The van der Waals surface area contributed by atoms with Gasteiger partial charge in [0, 0.05) is 17.7 Å². The van der Waals surface area contributed by atoms with Gasteiger partial charge in [-0.25, -0.2) is 15.0 Å². The van der Waals surface area contributed by atoms with Crippen LogP contribution in [-0.4, -0.2) is 21.7 Å². The van der Waals surface area contributed by atoms with Crippen molar-refractivity contribution in [1.82, 2.24) is 15.0 Å². The molecule has 6 nitrogen and oxygen atoms in total. The van der Waals surface area contributed by atoms with Crippen LogP contribution in [0.2, 0.25) is 0 Å². The third-order valence-corrected chi connectivity index (χ3v) is 5.69. The fraction of sp³-hybridized carbons (Fsp3) is 0.211. The van der Waals surface area contributed by atoms with E-state index in [1.807, 2.05) is 30.3 Å². The third-order valence-electron chi connectivity index (χ3n) is 4.30. The molecule has 0 bridgehead atoms. The molecule has 26 heavy (non-hydrogen) atoms. The highest BCUT2D eigenvalue weighted by atomic mass is 32.1. The Kier molecular flexibility index (Phi) is 3.43. The first-order valence-corrected chi connectivity index (χ1v) is 9.21. The average molecular weight is 364 g/mol. The van der Waals surface area contributed by atoms with Crippen LogP contribution in [0.1, 0.15) is 24.8 Å². The standard InChI is InChI=1S/C19H16N4O2S/c1-10(2)19-23-13-5-4-12-16(17(13)26-19)18(21-8-20-12)22-11-3-6-14-15(7-11)25-9-24-14/h3-8,10H,9H2,1-2H3,(H,20,21,22). The van der Waals surface area contributed by atoms with Crippen molar-refractivity contribution < 1.29 is 9.47 Å². The largest absolute Gasteiger partial charge is 0.454 e. The zero-order chi connectivity index (χ0) is 17.7. The molecule has 1 aliphatic heterocycles. The molecule has 0 saturated heterocycles. The number of benzene rings is 2. The predicted molar refractivity (Wildman–Crippen MR) is 103 cm³/mol. The number of hydrogen-bond acceptors (Lipinski definition) is 7. The van der Waals surface area contributed by atoms with Crippen LogP contribution in [0.3, 0.4) is 0 Å². The summed E-state index contributed by atoms with van der Waals surface area (Å²) in [5.41, 5.74) is 2.77. The quantitative estimate of drug-likeness (QED) is 0.561. The van der Waals surface area contributed by atoms with Crippen LogP contribution < -0.4 is 14.8 Å². The van der Waals surface area contributed by atoms with E-state index in [-0.39, 0.29) is 6.79 Å². The lowest BCUT2D eigenvalue weighted by Gasteiger charge is -2.09. The number of aromatic nitrogens is 3. The van der Waals surface area contributed by atoms with Gasteiger partial charge in [0.05, 0.1) is 26.1 Å². The van der Waals surface area contributed by atoms with Gasteiger partial charge in [-0.15, -0.1) is 11.3 Å². The first-order valence-electron chi connectivity index (χ1n) is 8.40. The van der Waals surface area contributed by atoms with Gasteiger partial charge < -0.3 is 14.8 Å². The van der Waals surface area contributed by atoms with E-state index < -0.39 is 0 Å². The molecule has 1 N–H and O–H groups in total. The van der Waals surface area contributed by atoms with Crippen molar-refractivity contribution in [3.63, 3.8) is 0 Å². The summed E-state index contributed by atoms with van der Waals surface area (Å²) in [6.07, 6.45) is 1.58. The van der Waals surface area contributed by atoms with Crippen LogP contribution in [0.15, 0.2) is 36.7 Å². The number of hydrogen-bond donors (Lipinski definition) is 1. The summed E-state index contributed by atoms with van der Waals surface area (Å²) in [6.45, 7) is 4.57. The monoisotopic (exact) mass is 364 g/mol. The molecular formula is C19H16N4O2S. The molecule has 0 unspecified atom stereocenters. The van der Waals surface area contributed by atoms with E-state index in [1.165, 1.54) is 0 Å². The maximum Gasteiger partial charge on any atom is 0.231 e. The number of anilines is 2. The highest BCUT2D eigenvalue weighted by Gasteiger charge is 2.16. The summed E-state index contributed by atoms with van der Waals surface area (Å²) >= 11 is 1.70. The van der Waals surface area contributed by atoms with Crippen LogP contribution in [-0.2, 0) is 0 Å². The van der Waals surface area contributed by atoms with Crippen LogP contribution in [0.4, 0.5) is 11.5 Å². The molecule has 0 saturated carbocycles. The second-order valence-electron chi connectivity index (χ2n) is 6.43. The number of rotatable bonds is 3. The first-order chi connectivity index (χ1) is 12.7. The fourth-order valence-corrected chi connectivity index (χ4v) is 4.11. The molecule has 130 valence electrons. The van der Waals surface area contributed by atoms with Crippen molar-refractivity contribution in [1.29, 1.82) is 0 Å². The van der Waals surface area contributed by atoms with E-state index in [0.717, 1.165) is 49.1 Å². The Hall–Kier alpha value is -2.93. The topological polar surface area (TPSA) is 69.2 Å². The molecule has 0 aliphatic carbocycles. The highest BCUT2D eigenvalue weighted by Crippen LogP contribution is 2.38. The van der Waals surface area contributed by atoms with Gasteiger partial charge in [0.15, 0.2) is 11.5 Å². The number of ether oxygens (including phenoxy) is 2. The minimum absolute atomic E-state index is 0.259. The Morgan fingerprint density at radius 1 is 1.04 bits per heavy atom. The van der Waals surface area contributed by atoms with Gasteiger partial charge in [-0.3, -0.25) is 0 Å². The van der Waals surface area contributed by atoms with Crippen molar-refractivity contribution in [2.75, 3.05) is 12.1 Å². The molecule has 3 heterocycles. The third kappa shape index (κ3) is 2.43. The predicted octanol–water partition coefficient (Wildman–Crippen LogP) is 4.84. The van der Waals surface area contributed by atoms with E-state index in [1.54, 1.807) is 17.7 Å². The van der Waals surface area contributed by atoms with Crippen molar-refractivity contribution in [3.05, 3.63) is 41.7 Å². The molecule has 1 aliphatic rings. The van der Waals surface area contributed by atoms with Crippen molar-refractivity contribution >= 4 is 44.0 Å². The molecule has 0 radical (unpaired) electrons. The summed E-state index contributed by atoms with van der Waals surface area (Å²) in [5, 5.41) is 5.51. The zero-order valence-electron chi connectivity index (χ0n) is 14.3. The Morgan fingerprint density at radius 3 is 2.77 bits per heavy atom. The van der Waals surface area contributed by atoms with Gasteiger partial charge in [0.2, 0.25) is 6.79 Å². The summed E-state index contributed by atoms with van der Waals surface area (Å²) in [5.74, 6) is 2.64. The summed E-state index contributed by atoms with van der Waals surface area (Å²) in [6, 6.07) is 9.79. The minimum Gasteiger partial charge on any atom is -0.454 e. The lowest BCUT2D eigenvalue weighted by molar-refractivity contribution is 0.174. The van der Waals surface area contributed by atoms with Gasteiger partial charge in [0.1, 0.15) is 12.1 Å². The smallest absolute Gasteiger partial charge is 0.231 e.